The van der Waals surface area contributed by atoms with Crippen molar-refractivity contribution >= 4 is 0 Å². The molecule has 1 saturated heterocycles. The smallest absolute Gasteiger partial charge is 0.258 e. The molecule has 2 aromatic rings. The molecule has 0 saturated carbocycles. The highest BCUT2D eigenvalue weighted by Gasteiger charge is 2.23. The Morgan fingerprint density at radius 3 is 2.61 bits per heavy atom. The largest absolute Gasteiger partial charge is 0.508 e. The summed E-state index contributed by atoms with van der Waals surface area (Å²) < 4.78 is 10.4. The van der Waals surface area contributed by atoms with E-state index >= 15 is 0 Å². The summed E-state index contributed by atoms with van der Waals surface area (Å²) in [6.07, 6.45) is 0.879. The minimum absolute atomic E-state index is 0.0473. The van der Waals surface area contributed by atoms with Gasteiger partial charge in [0, 0.05) is 24.2 Å². The van der Waals surface area contributed by atoms with Gasteiger partial charge in [0.25, 0.3) is 5.89 Å². The number of phenols is 2. The average molecular weight is 248 g/mol. The molecule has 2 N–H and O–H groups in total. The van der Waals surface area contributed by atoms with Crippen LogP contribution in [0.2, 0.25) is 0 Å². The molecule has 1 unspecified atom stereocenters. The van der Waals surface area contributed by atoms with Crippen molar-refractivity contribution in [3.63, 3.8) is 0 Å². The van der Waals surface area contributed by atoms with Crippen molar-refractivity contribution in [3.05, 3.63) is 24.0 Å². The Hall–Kier alpha value is -2.08. The van der Waals surface area contributed by atoms with Crippen molar-refractivity contribution in [1.29, 1.82) is 0 Å². The number of rotatable bonds is 2. The predicted octanol–water partition coefficient (Wildman–Crippen LogP) is 1.65. The van der Waals surface area contributed by atoms with Gasteiger partial charge in [-0.2, -0.15) is 4.98 Å². The molecule has 1 fully saturated rings. The van der Waals surface area contributed by atoms with Crippen LogP contribution in [0.15, 0.2) is 22.7 Å². The lowest BCUT2D eigenvalue weighted by molar-refractivity contribution is 0.192. The zero-order valence-electron chi connectivity index (χ0n) is 9.54. The molecule has 1 aromatic carbocycles. The first kappa shape index (κ1) is 11.0. The molecule has 3 rings (SSSR count). The summed E-state index contributed by atoms with van der Waals surface area (Å²) in [4.78, 5) is 4.26. The van der Waals surface area contributed by atoms with Crippen molar-refractivity contribution in [3.8, 4) is 23.0 Å². The maximum absolute atomic E-state index is 9.40. The van der Waals surface area contributed by atoms with Crippen LogP contribution >= 0.6 is 0 Å². The SMILES string of the molecule is Oc1cc(O)cc(-c2nc(C3CCOC3)no2)c1. The Bertz CT molecular complexity index is 541. The maximum Gasteiger partial charge on any atom is 0.258 e. The van der Waals surface area contributed by atoms with E-state index in [0.717, 1.165) is 6.42 Å². The van der Waals surface area contributed by atoms with Gasteiger partial charge in [0.1, 0.15) is 11.5 Å². The minimum Gasteiger partial charge on any atom is -0.508 e. The normalized spacial score (nSPS) is 19.2. The molecule has 0 bridgehead atoms. The van der Waals surface area contributed by atoms with E-state index in [9.17, 15) is 10.2 Å². The van der Waals surface area contributed by atoms with Crippen LogP contribution in [0.4, 0.5) is 0 Å². The molecule has 0 amide bonds. The monoisotopic (exact) mass is 248 g/mol. The number of aromatic hydroxyl groups is 2. The van der Waals surface area contributed by atoms with Gasteiger partial charge in [-0.3, -0.25) is 0 Å². The second-order valence-electron chi connectivity index (χ2n) is 4.26. The van der Waals surface area contributed by atoms with Crippen LogP contribution in [0.25, 0.3) is 11.5 Å². The minimum atomic E-state index is -0.0473. The third kappa shape index (κ3) is 2.02. The summed E-state index contributed by atoms with van der Waals surface area (Å²) in [7, 11) is 0. The van der Waals surface area contributed by atoms with E-state index in [-0.39, 0.29) is 23.3 Å². The Balaban J connectivity index is 1.92. The maximum atomic E-state index is 9.40. The second kappa shape index (κ2) is 4.30. The van der Waals surface area contributed by atoms with Crippen molar-refractivity contribution < 1.29 is 19.5 Å². The number of nitrogens with zero attached hydrogens (tertiary/aromatic N) is 2. The Kier molecular flexibility index (Phi) is 2.64. The summed E-state index contributed by atoms with van der Waals surface area (Å²) >= 11 is 0. The summed E-state index contributed by atoms with van der Waals surface area (Å²) in [5.41, 5.74) is 0.491. The first-order valence-corrected chi connectivity index (χ1v) is 5.67. The predicted molar refractivity (Wildman–Crippen MR) is 61.2 cm³/mol. The fraction of sp³-hybridized carbons (Fsp3) is 0.333. The van der Waals surface area contributed by atoms with Crippen LogP contribution in [-0.2, 0) is 4.74 Å². The highest BCUT2D eigenvalue weighted by Crippen LogP contribution is 2.29. The standard InChI is InChI=1S/C12H12N2O4/c15-9-3-8(4-10(16)5-9)12-13-11(14-18-12)7-1-2-17-6-7/h3-5,7,15-16H,1-2,6H2. The zero-order valence-corrected chi connectivity index (χ0v) is 9.54. The van der Waals surface area contributed by atoms with Gasteiger partial charge in [-0.1, -0.05) is 5.16 Å². The molecule has 0 aliphatic carbocycles. The van der Waals surface area contributed by atoms with E-state index in [1.165, 1.54) is 18.2 Å². The molecule has 6 heteroatoms. The summed E-state index contributed by atoms with van der Waals surface area (Å²) in [6.45, 7) is 1.31. The highest BCUT2D eigenvalue weighted by atomic mass is 16.5. The van der Waals surface area contributed by atoms with E-state index in [0.29, 0.717) is 24.6 Å². The van der Waals surface area contributed by atoms with Crippen molar-refractivity contribution in [2.24, 2.45) is 0 Å². The lowest BCUT2D eigenvalue weighted by Gasteiger charge is -1.99. The molecule has 0 radical (unpaired) electrons. The van der Waals surface area contributed by atoms with Crippen LogP contribution in [0.3, 0.4) is 0 Å². The molecule has 6 nitrogen and oxygen atoms in total. The molecule has 94 valence electrons. The van der Waals surface area contributed by atoms with Gasteiger partial charge in [0.15, 0.2) is 5.82 Å². The van der Waals surface area contributed by atoms with Gasteiger partial charge in [0.05, 0.1) is 6.61 Å². The first-order valence-electron chi connectivity index (χ1n) is 5.67. The van der Waals surface area contributed by atoms with E-state index in [2.05, 4.69) is 10.1 Å². The quantitative estimate of drug-likeness (QED) is 0.840. The van der Waals surface area contributed by atoms with Crippen molar-refractivity contribution in [2.75, 3.05) is 13.2 Å². The number of hydrogen-bond acceptors (Lipinski definition) is 6. The van der Waals surface area contributed by atoms with Crippen LogP contribution in [0.5, 0.6) is 11.5 Å². The van der Waals surface area contributed by atoms with Gasteiger partial charge < -0.3 is 19.5 Å². The van der Waals surface area contributed by atoms with Crippen molar-refractivity contribution in [1.82, 2.24) is 10.1 Å². The van der Waals surface area contributed by atoms with Gasteiger partial charge in [-0.15, -0.1) is 0 Å². The van der Waals surface area contributed by atoms with Gasteiger partial charge in [-0.05, 0) is 18.6 Å². The molecule has 0 spiro atoms. The van der Waals surface area contributed by atoms with Crippen molar-refractivity contribution in [2.45, 2.75) is 12.3 Å². The van der Waals surface area contributed by atoms with E-state index in [1.807, 2.05) is 0 Å². The third-order valence-corrected chi connectivity index (χ3v) is 2.89. The Morgan fingerprint density at radius 2 is 1.94 bits per heavy atom. The second-order valence-corrected chi connectivity index (χ2v) is 4.26. The molecular formula is C12H12N2O4. The topological polar surface area (TPSA) is 88.6 Å². The molecule has 1 aromatic heterocycles. The number of phenolic OH excluding ortho intramolecular Hbond substituents is 2. The van der Waals surface area contributed by atoms with E-state index < -0.39 is 0 Å². The average Bonchev–Trinajstić information content (AvgIpc) is 2.99. The number of ether oxygens (including phenoxy) is 1. The number of hydrogen-bond donors (Lipinski definition) is 2. The molecule has 1 atom stereocenters. The summed E-state index contributed by atoms with van der Waals surface area (Å²) in [6, 6.07) is 4.16. The summed E-state index contributed by atoms with van der Waals surface area (Å²) in [5, 5.41) is 22.7. The molecule has 18 heavy (non-hydrogen) atoms. The fourth-order valence-corrected chi connectivity index (χ4v) is 1.97. The van der Waals surface area contributed by atoms with Crippen LogP contribution in [0, 0.1) is 0 Å². The lowest BCUT2D eigenvalue weighted by Crippen LogP contribution is -1.99. The van der Waals surface area contributed by atoms with Crippen LogP contribution in [0.1, 0.15) is 18.2 Å². The van der Waals surface area contributed by atoms with E-state index in [4.69, 9.17) is 9.26 Å². The summed E-state index contributed by atoms with van der Waals surface area (Å²) in [5.74, 6) is 0.949. The Morgan fingerprint density at radius 1 is 1.17 bits per heavy atom. The van der Waals surface area contributed by atoms with Crippen LogP contribution < -0.4 is 0 Å². The lowest BCUT2D eigenvalue weighted by atomic mass is 10.1. The molecule has 1 aliphatic rings. The highest BCUT2D eigenvalue weighted by molar-refractivity contribution is 5.58. The van der Waals surface area contributed by atoms with E-state index in [1.54, 1.807) is 0 Å². The third-order valence-electron chi connectivity index (χ3n) is 2.89. The molecular weight excluding hydrogens is 236 g/mol. The fourth-order valence-electron chi connectivity index (χ4n) is 1.97. The first-order chi connectivity index (χ1) is 8.72. The zero-order chi connectivity index (χ0) is 12.5. The number of benzene rings is 1. The Labute approximate surface area is 103 Å². The van der Waals surface area contributed by atoms with Gasteiger partial charge in [-0.25, -0.2) is 0 Å². The number of aromatic nitrogens is 2. The van der Waals surface area contributed by atoms with Gasteiger partial charge >= 0.3 is 0 Å². The van der Waals surface area contributed by atoms with Gasteiger partial charge in [0.2, 0.25) is 0 Å². The molecule has 1 aliphatic heterocycles. The van der Waals surface area contributed by atoms with Crippen LogP contribution in [-0.4, -0.2) is 33.6 Å². The molecule has 2 heterocycles.